The van der Waals surface area contributed by atoms with E-state index in [4.69, 9.17) is 0 Å². The molecule has 0 bridgehead atoms. The monoisotopic (exact) mass is 254 g/mol. The molecule has 1 atom stereocenters. The third kappa shape index (κ3) is 2.31. The maximum absolute atomic E-state index is 10.1. The van der Waals surface area contributed by atoms with Crippen LogP contribution in [-0.2, 0) is 6.42 Å². The van der Waals surface area contributed by atoms with E-state index in [9.17, 15) is 5.11 Å². The number of hydrogen-bond acceptors (Lipinski definition) is 5. The maximum Gasteiger partial charge on any atom is 0.0964 e. The molecular formula is C11H14N2OS2. The van der Waals surface area contributed by atoms with Crippen LogP contribution in [0.15, 0.2) is 5.51 Å². The Morgan fingerprint density at radius 2 is 2.06 bits per heavy atom. The Kier molecular flexibility index (Phi) is 3.37. The number of nitrogens with zero attached hydrogens (tertiary/aromatic N) is 2. The summed E-state index contributed by atoms with van der Waals surface area (Å²) in [4.78, 5) is 10.8. The van der Waals surface area contributed by atoms with E-state index in [1.54, 1.807) is 16.8 Å². The summed E-state index contributed by atoms with van der Waals surface area (Å²) in [6.07, 6.45) is 0.111. The van der Waals surface area contributed by atoms with Crippen molar-refractivity contribution in [2.45, 2.75) is 33.3 Å². The molecule has 1 N–H and O–H groups in total. The highest BCUT2D eigenvalue weighted by molar-refractivity contribution is 7.11. The molecule has 16 heavy (non-hydrogen) atoms. The molecule has 0 aliphatic rings. The number of rotatable bonds is 3. The average Bonchev–Trinajstić information content (AvgIpc) is 2.74. The van der Waals surface area contributed by atoms with Crippen LogP contribution in [0.5, 0.6) is 0 Å². The van der Waals surface area contributed by atoms with Gasteiger partial charge in [0.15, 0.2) is 0 Å². The molecule has 0 radical (unpaired) electrons. The van der Waals surface area contributed by atoms with E-state index in [1.165, 1.54) is 16.2 Å². The van der Waals surface area contributed by atoms with Crippen molar-refractivity contribution in [2.75, 3.05) is 0 Å². The third-order valence-corrected chi connectivity index (χ3v) is 4.65. The molecule has 0 saturated heterocycles. The van der Waals surface area contributed by atoms with Gasteiger partial charge in [-0.15, -0.1) is 22.7 Å². The minimum atomic E-state index is -0.475. The molecule has 5 heteroatoms. The molecule has 0 saturated carbocycles. The zero-order chi connectivity index (χ0) is 11.7. The molecule has 2 aromatic heterocycles. The Morgan fingerprint density at radius 1 is 1.31 bits per heavy atom. The lowest BCUT2D eigenvalue weighted by Crippen LogP contribution is -2.01. The van der Waals surface area contributed by atoms with Crippen molar-refractivity contribution in [1.82, 2.24) is 9.97 Å². The number of aliphatic hydroxyl groups excluding tert-OH is 1. The lowest BCUT2D eigenvalue weighted by molar-refractivity contribution is 0.181. The van der Waals surface area contributed by atoms with Crippen LogP contribution >= 0.6 is 22.7 Å². The molecular weight excluding hydrogens is 240 g/mol. The first-order valence-corrected chi connectivity index (χ1v) is 6.78. The molecule has 2 heterocycles. The van der Waals surface area contributed by atoms with Crippen molar-refractivity contribution in [3.63, 3.8) is 0 Å². The van der Waals surface area contributed by atoms with Crippen LogP contribution in [0.1, 0.15) is 32.3 Å². The number of aromatic nitrogens is 2. The first-order valence-electron chi connectivity index (χ1n) is 5.09. The Hall–Kier alpha value is -0.780. The minimum absolute atomic E-state index is 0.475. The van der Waals surface area contributed by atoms with Crippen molar-refractivity contribution < 1.29 is 5.11 Å². The number of aryl methyl sites for hydroxylation is 3. The summed E-state index contributed by atoms with van der Waals surface area (Å²) in [5.74, 6) is 0. The van der Waals surface area contributed by atoms with E-state index < -0.39 is 6.10 Å². The van der Waals surface area contributed by atoms with E-state index in [2.05, 4.69) is 16.9 Å². The highest BCUT2D eigenvalue weighted by Gasteiger charge is 2.16. The molecule has 0 amide bonds. The average molecular weight is 254 g/mol. The van der Waals surface area contributed by atoms with Gasteiger partial charge in [0.2, 0.25) is 0 Å². The van der Waals surface area contributed by atoms with Gasteiger partial charge in [0.05, 0.1) is 32.9 Å². The second-order valence-corrected chi connectivity index (χ2v) is 5.95. The Labute approximate surface area is 103 Å². The van der Waals surface area contributed by atoms with Gasteiger partial charge in [-0.25, -0.2) is 9.97 Å². The number of hydrogen-bond donors (Lipinski definition) is 1. The second kappa shape index (κ2) is 4.61. The number of thiazole rings is 2. The van der Waals surface area contributed by atoms with Crippen LogP contribution in [0.4, 0.5) is 0 Å². The van der Waals surface area contributed by atoms with Gasteiger partial charge >= 0.3 is 0 Å². The Morgan fingerprint density at radius 3 is 2.56 bits per heavy atom. The van der Waals surface area contributed by atoms with Crippen molar-refractivity contribution in [3.8, 4) is 0 Å². The van der Waals surface area contributed by atoms with Gasteiger partial charge < -0.3 is 5.11 Å². The SMILES string of the molecule is Cc1nc(CC(O)c2scnc2C)sc1C. The summed E-state index contributed by atoms with van der Waals surface area (Å²) in [5.41, 5.74) is 3.75. The van der Waals surface area contributed by atoms with E-state index in [0.29, 0.717) is 6.42 Å². The topological polar surface area (TPSA) is 46.0 Å². The predicted octanol–water partition coefficient (Wildman–Crippen LogP) is 2.80. The fourth-order valence-electron chi connectivity index (χ4n) is 1.52. The summed E-state index contributed by atoms with van der Waals surface area (Å²) in [5, 5.41) is 11.1. The standard InChI is InChI=1S/C11H14N2OS2/c1-6-8(3)16-10(13-6)4-9(14)11-7(2)12-5-15-11/h5,9,14H,4H2,1-3H3. The summed E-state index contributed by atoms with van der Waals surface area (Å²) in [7, 11) is 0. The van der Waals surface area contributed by atoms with Gasteiger partial charge in [0.1, 0.15) is 0 Å². The van der Waals surface area contributed by atoms with Crippen LogP contribution in [-0.4, -0.2) is 15.1 Å². The molecule has 86 valence electrons. The summed E-state index contributed by atoms with van der Waals surface area (Å²) in [6.45, 7) is 5.98. The van der Waals surface area contributed by atoms with Crippen molar-refractivity contribution in [2.24, 2.45) is 0 Å². The summed E-state index contributed by atoms with van der Waals surface area (Å²) < 4.78 is 0. The quantitative estimate of drug-likeness (QED) is 0.916. The molecule has 0 fully saturated rings. The van der Waals surface area contributed by atoms with Crippen LogP contribution < -0.4 is 0 Å². The molecule has 2 rings (SSSR count). The first kappa shape index (κ1) is 11.7. The zero-order valence-electron chi connectivity index (χ0n) is 9.52. The smallest absolute Gasteiger partial charge is 0.0964 e. The number of aliphatic hydroxyl groups is 1. The largest absolute Gasteiger partial charge is 0.387 e. The minimum Gasteiger partial charge on any atom is -0.387 e. The predicted molar refractivity (Wildman–Crippen MR) is 67.1 cm³/mol. The van der Waals surface area contributed by atoms with Crippen molar-refractivity contribution in [3.05, 3.63) is 31.7 Å². The Balaban J connectivity index is 2.13. The molecule has 0 spiro atoms. The fraction of sp³-hybridized carbons (Fsp3) is 0.455. The molecule has 3 nitrogen and oxygen atoms in total. The fourth-order valence-corrected chi connectivity index (χ4v) is 3.27. The van der Waals surface area contributed by atoms with E-state index in [-0.39, 0.29) is 0 Å². The lowest BCUT2D eigenvalue weighted by Gasteiger charge is -2.06. The summed E-state index contributed by atoms with van der Waals surface area (Å²) >= 11 is 3.16. The van der Waals surface area contributed by atoms with E-state index in [1.807, 2.05) is 13.8 Å². The van der Waals surface area contributed by atoms with Gasteiger partial charge in [-0.05, 0) is 20.8 Å². The third-order valence-electron chi connectivity index (χ3n) is 2.53. The van der Waals surface area contributed by atoms with Crippen molar-refractivity contribution >= 4 is 22.7 Å². The van der Waals surface area contributed by atoms with Gasteiger partial charge in [-0.2, -0.15) is 0 Å². The maximum atomic E-state index is 10.1. The molecule has 2 aromatic rings. The van der Waals surface area contributed by atoms with Gasteiger partial charge in [0.25, 0.3) is 0 Å². The van der Waals surface area contributed by atoms with Crippen LogP contribution in [0, 0.1) is 20.8 Å². The molecule has 0 aliphatic heterocycles. The highest BCUT2D eigenvalue weighted by atomic mass is 32.1. The van der Waals surface area contributed by atoms with Gasteiger partial charge in [-0.3, -0.25) is 0 Å². The molecule has 1 unspecified atom stereocenters. The summed E-state index contributed by atoms with van der Waals surface area (Å²) in [6, 6.07) is 0. The van der Waals surface area contributed by atoms with Crippen LogP contribution in [0.3, 0.4) is 0 Å². The highest BCUT2D eigenvalue weighted by Crippen LogP contribution is 2.27. The van der Waals surface area contributed by atoms with Crippen molar-refractivity contribution in [1.29, 1.82) is 0 Å². The first-order chi connectivity index (χ1) is 7.58. The van der Waals surface area contributed by atoms with Crippen LogP contribution in [0.2, 0.25) is 0 Å². The molecule has 0 aromatic carbocycles. The van der Waals surface area contributed by atoms with Gasteiger partial charge in [0, 0.05) is 11.3 Å². The van der Waals surface area contributed by atoms with Crippen LogP contribution in [0.25, 0.3) is 0 Å². The zero-order valence-corrected chi connectivity index (χ0v) is 11.2. The van der Waals surface area contributed by atoms with Gasteiger partial charge in [-0.1, -0.05) is 0 Å². The normalized spacial score (nSPS) is 13.0. The van der Waals surface area contributed by atoms with E-state index in [0.717, 1.165) is 21.3 Å². The Bertz CT molecular complexity index is 470. The molecule has 0 aliphatic carbocycles. The second-order valence-electron chi connectivity index (χ2n) is 3.77. The lowest BCUT2D eigenvalue weighted by atomic mass is 10.2. The van der Waals surface area contributed by atoms with E-state index >= 15 is 0 Å².